The molecule has 3 heterocycles. The maximum atomic E-state index is 9.71. The van der Waals surface area contributed by atoms with E-state index < -0.39 is 0 Å². The zero-order valence-electron chi connectivity index (χ0n) is 13.3. The second-order valence-electron chi connectivity index (χ2n) is 6.13. The summed E-state index contributed by atoms with van der Waals surface area (Å²) in [6.45, 7) is 1.60. The van der Waals surface area contributed by atoms with Gasteiger partial charge >= 0.3 is 0 Å². The third-order valence-electron chi connectivity index (χ3n) is 4.65. The van der Waals surface area contributed by atoms with Crippen molar-refractivity contribution >= 4 is 11.5 Å². The van der Waals surface area contributed by atoms with E-state index in [9.17, 15) is 10.2 Å². The maximum Gasteiger partial charge on any atom is 0.165 e. The van der Waals surface area contributed by atoms with Crippen LogP contribution in [0.15, 0.2) is 42.7 Å². The van der Waals surface area contributed by atoms with E-state index in [1.165, 1.54) is 0 Å². The van der Waals surface area contributed by atoms with Crippen LogP contribution >= 0.6 is 0 Å². The lowest BCUT2D eigenvalue weighted by Gasteiger charge is -2.31. The third kappa shape index (κ3) is 2.53. The number of anilines is 1. The van der Waals surface area contributed by atoms with E-state index in [-0.39, 0.29) is 12.7 Å². The lowest BCUT2D eigenvalue weighted by Crippen LogP contribution is -2.36. The number of piperidine rings is 1. The Kier molecular flexibility index (Phi) is 3.92. The van der Waals surface area contributed by atoms with Crippen LogP contribution in [0.25, 0.3) is 16.8 Å². The van der Waals surface area contributed by atoms with Gasteiger partial charge in [0.2, 0.25) is 0 Å². The predicted molar refractivity (Wildman–Crippen MR) is 91.8 cm³/mol. The highest BCUT2D eigenvalue weighted by molar-refractivity contribution is 5.80. The maximum absolute atomic E-state index is 9.71. The first-order chi connectivity index (χ1) is 11.8. The molecule has 0 atom stereocenters. The summed E-state index contributed by atoms with van der Waals surface area (Å²) < 4.78 is 1.85. The Balaban J connectivity index is 1.79. The first-order valence-corrected chi connectivity index (χ1v) is 8.23. The van der Waals surface area contributed by atoms with E-state index in [2.05, 4.69) is 15.0 Å². The van der Waals surface area contributed by atoms with Gasteiger partial charge in [0.15, 0.2) is 5.65 Å². The second kappa shape index (κ2) is 6.22. The summed E-state index contributed by atoms with van der Waals surface area (Å²) in [6.07, 6.45) is 4.93. The molecule has 124 valence electrons. The minimum atomic E-state index is -0.205. The van der Waals surface area contributed by atoms with Crippen molar-refractivity contribution in [3.8, 4) is 11.1 Å². The Morgan fingerprint density at radius 3 is 2.67 bits per heavy atom. The summed E-state index contributed by atoms with van der Waals surface area (Å²) in [4.78, 5) is 6.74. The van der Waals surface area contributed by atoms with Crippen LogP contribution < -0.4 is 4.90 Å². The monoisotopic (exact) mass is 324 g/mol. The number of aliphatic hydroxyl groups excluding tert-OH is 2. The van der Waals surface area contributed by atoms with Crippen molar-refractivity contribution in [3.05, 3.63) is 48.3 Å². The number of aromatic nitrogens is 3. The van der Waals surface area contributed by atoms with E-state index in [1.54, 1.807) is 12.4 Å². The van der Waals surface area contributed by atoms with Gasteiger partial charge in [-0.25, -0.2) is 4.98 Å². The lowest BCUT2D eigenvalue weighted by atomic mass is 10.0. The fourth-order valence-electron chi connectivity index (χ4n) is 3.32. The van der Waals surface area contributed by atoms with Crippen LogP contribution in [0.1, 0.15) is 18.4 Å². The van der Waals surface area contributed by atoms with Crippen molar-refractivity contribution in [2.75, 3.05) is 18.0 Å². The molecule has 0 unspecified atom stereocenters. The first kappa shape index (κ1) is 15.1. The molecule has 0 spiro atoms. The number of rotatable bonds is 3. The smallest absolute Gasteiger partial charge is 0.165 e. The Hall–Kier alpha value is -2.44. The van der Waals surface area contributed by atoms with Gasteiger partial charge in [-0.2, -0.15) is 9.61 Å². The van der Waals surface area contributed by atoms with Crippen molar-refractivity contribution in [3.63, 3.8) is 0 Å². The fraction of sp³-hybridized carbons (Fsp3) is 0.333. The summed E-state index contributed by atoms with van der Waals surface area (Å²) in [5.41, 5.74) is 3.51. The van der Waals surface area contributed by atoms with Gasteiger partial charge in [-0.15, -0.1) is 0 Å². The molecule has 1 aliphatic rings. The van der Waals surface area contributed by atoms with Crippen molar-refractivity contribution in [1.29, 1.82) is 0 Å². The molecule has 6 heteroatoms. The van der Waals surface area contributed by atoms with Crippen LogP contribution in [0.3, 0.4) is 0 Å². The lowest BCUT2D eigenvalue weighted by molar-refractivity contribution is 0.145. The van der Waals surface area contributed by atoms with Crippen LogP contribution in [0.5, 0.6) is 0 Å². The van der Waals surface area contributed by atoms with Crippen molar-refractivity contribution in [2.24, 2.45) is 0 Å². The van der Waals surface area contributed by atoms with Crippen LogP contribution in [-0.2, 0) is 6.61 Å². The number of benzene rings is 1. The molecule has 1 aliphatic heterocycles. The molecule has 0 radical (unpaired) electrons. The highest BCUT2D eigenvalue weighted by atomic mass is 16.3. The van der Waals surface area contributed by atoms with E-state index in [4.69, 9.17) is 0 Å². The van der Waals surface area contributed by atoms with Crippen LogP contribution in [0.2, 0.25) is 0 Å². The Morgan fingerprint density at radius 2 is 1.88 bits per heavy atom. The number of nitrogens with zero attached hydrogens (tertiary/aromatic N) is 4. The van der Waals surface area contributed by atoms with Gasteiger partial charge in [-0.1, -0.05) is 24.3 Å². The average molecular weight is 324 g/mol. The molecule has 2 aromatic heterocycles. The fourth-order valence-corrected chi connectivity index (χ4v) is 3.32. The molecule has 24 heavy (non-hydrogen) atoms. The second-order valence-corrected chi connectivity index (χ2v) is 6.13. The summed E-state index contributed by atoms with van der Waals surface area (Å²) in [7, 11) is 0. The minimum Gasteiger partial charge on any atom is -0.393 e. The topological polar surface area (TPSA) is 73.9 Å². The molecule has 2 N–H and O–H groups in total. The molecule has 6 nitrogen and oxygen atoms in total. The van der Waals surface area contributed by atoms with Gasteiger partial charge < -0.3 is 15.1 Å². The molecule has 1 saturated heterocycles. The molecule has 1 aromatic carbocycles. The molecule has 3 aromatic rings. The summed E-state index contributed by atoms with van der Waals surface area (Å²) in [5.74, 6) is 0.986. The normalized spacial score (nSPS) is 16.0. The van der Waals surface area contributed by atoms with Crippen LogP contribution in [0.4, 0.5) is 5.82 Å². The van der Waals surface area contributed by atoms with E-state index in [0.29, 0.717) is 0 Å². The van der Waals surface area contributed by atoms with Gasteiger partial charge in [0.1, 0.15) is 5.82 Å². The third-order valence-corrected chi connectivity index (χ3v) is 4.65. The van der Waals surface area contributed by atoms with Gasteiger partial charge in [-0.05, 0) is 30.0 Å². The van der Waals surface area contributed by atoms with Crippen molar-refractivity contribution in [1.82, 2.24) is 14.6 Å². The average Bonchev–Trinajstić information content (AvgIpc) is 3.06. The highest BCUT2D eigenvalue weighted by Crippen LogP contribution is 2.29. The summed E-state index contributed by atoms with van der Waals surface area (Å²) in [6, 6.07) is 9.72. The number of hydrogen-bond donors (Lipinski definition) is 2. The summed E-state index contributed by atoms with van der Waals surface area (Å²) in [5, 5.41) is 23.8. The molecule has 1 fully saturated rings. The van der Waals surface area contributed by atoms with Crippen molar-refractivity contribution in [2.45, 2.75) is 25.6 Å². The zero-order valence-corrected chi connectivity index (χ0v) is 13.3. The van der Waals surface area contributed by atoms with E-state index in [0.717, 1.165) is 54.1 Å². The Bertz CT molecular complexity index is 853. The number of fused-ring (bicyclic) bond motifs is 1. The molecular weight excluding hydrogens is 304 g/mol. The molecule has 0 bridgehead atoms. The van der Waals surface area contributed by atoms with Gasteiger partial charge in [0.25, 0.3) is 0 Å². The van der Waals surface area contributed by atoms with Gasteiger partial charge in [-0.3, -0.25) is 0 Å². The Morgan fingerprint density at radius 1 is 1.08 bits per heavy atom. The number of aliphatic hydroxyl groups is 2. The molecule has 0 saturated carbocycles. The molecule has 0 aliphatic carbocycles. The highest BCUT2D eigenvalue weighted by Gasteiger charge is 2.21. The Labute approximate surface area is 140 Å². The van der Waals surface area contributed by atoms with Gasteiger partial charge in [0.05, 0.1) is 18.9 Å². The minimum absolute atomic E-state index is 0.0166. The SMILES string of the molecule is OCc1ccccc1-c1cnn2c(N3CCC(O)CC3)ccnc12. The standard InChI is InChI=1S/C18H20N4O2/c23-12-13-3-1-2-4-15(13)16-11-20-22-17(5-8-19-18(16)22)21-9-6-14(24)7-10-21/h1-5,8,11,14,23-24H,6-7,9-10,12H2. The predicted octanol–water partition coefficient (Wildman–Crippen LogP) is 1.85. The molecule has 0 amide bonds. The van der Waals surface area contributed by atoms with Crippen molar-refractivity contribution < 1.29 is 10.2 Å². The van der Waals surface area contributed by atoms with E-state index >= 15 is 0 Å². The van der Waals surface area contributed by atoms with E-state index in [1.807, 2.05) is 34.8 Å². The van der Waals surface area contributed by atoms with Crippen LogP contribution in [-0.4, -0.2) is 44.0 Å². The van der Waals surface area contributed by atoms with Crippen LogP contribution in [0, 0.1) is 0 Å². The summed E-state index contributed by atoms with van der Waals surface area (Å²) >= 11 is 0. The largest absolute Gasteiger partial charge is 0.393 e. The molecular formula is C18H20N4O2. The number of hydrogen-bond acceptors (Lipinski definition) is 5. The molecule has 4 rings (SSSR count). The van der Waals surface area contributed by atoms with Gasteiger partial charge in [0, 0.05) is 24.8 Å². The zero-order chi connectivity index (χ0) is 16.5. The first-order valence-electron chi connectivity index (χ1n) is 8.23. The quantitative estimate of drug-likeness (QED) is 0.769.